The number of ether oxygens (including phenoxy) is 2. The summed E-state index contributed by atoms with van der Waals surface area (Å²) in [4.78, 5) is 12.3. The molecule has 6 heteroatoms. The Hall–Kier alpha value is -2.63. The molecule has 0 aromatic heterocycles. The zero-order valence-electron chi connectivity index (χ0n) is 12.4. The Bertz CT molecular complexity index is 736. The molecule has 0 spiro atoms. The summed E-state index contributed by atoms with van der Waals surface area (Å²) in [6.07, 6.45) is -0.794. The molecular formula is C17H15F2NO3. The summed E-state index contributed by atoms with van der Waals surface area (Å²) in [6, 6.07) is 10.1. The average Bonchev–Trinajstić information content (AvgIpc) is 2.56. The van der Waals surface area contributed by atoms with E-state index in [1.807, 2.05) is 6.07 Å². The van der Waals surface area contributed by atoms with Gasteiger partial charge in [-0.1, -0.05) is 18.2 Å². The van der Waals surface area contributed by atoms with Crippen LogP contribution in [0.5, 0.6) is 11.5 Å². The minimum atomic E-state index is -0.949. The first-order chi connectivity index (χ1) is 11.0. The van der Waals surface area contributed by atoms with Gasteiger partial charge in [0.25, 0.3) is 5.91 Å². The molecule has 2 aromatic rings. The van der Waals surface area contributed by atoms with Gasteiger partial charge in [0, 0.05) is 0 Å². The molecule has 2 aromatic carbocycles. The smallest absolute Gasteiger partial charge is 0.265 e. The topological polar surface area (TPSA) is 47.6 Å². The van der Waals surface area contributed by atoms with Crippen LogP contribution in [0.25, 0.3) is 0 Å². The highest BCUT2D eigenvalue weighted by Crippen LogP contribution is 2.31. The second-order valence-electron chi connectivity index (χ2n) is 5.27. The van der Waals surface area contributed by atoms with Crippen LogP contribution in [0.1, 0.15) is 18.5 Å². The summed E-state index contributed by atoms with van der Waals surface area (Å²) < 4.78 is 37.3. The van der Waals surface area contributed by atoms with E-state index in [4.69, 9.17) is 9.47 Å². The minimum Gasteiger partial charge on any atom is -0.485 e. The lowest BCUT2D eigenvalue weighted by Gasteiger charge is -2.26. The van der Waals surface area contributed by atoms with E-state index in [0.717, 1.165) is 12.1 Å². The predicted molar refractivity (Wildman–Crippen MR) is 79.3 cm³/mol. The number of carbonyl (C=O) groups is 1. The van der Waals surface area contributed by atoms with Crippen molar-refractivity contribution in [1.82, 2.24) is 5.32 Å². The van der Waals surface area contributed by atoms with Crippen molar-refractivity contribution in [3.05, 3.63) is 59.7 Å². The van der Waals surface area contributed by atoms with Crippen molar-refractivity contribution in [3.63, 3.8) is 0 Å². The van der Waals surface area contributed by atoms with E-state index in [9.17, 15) is 13.6 Å². The molecule has 0 bridgehead atoms. The summed E-state index contributed by atoms with van der Waals surface area (Å²) >= 11 is 0. The van der Waals surface area contributed by atoms with Crippen LogP contribution in [0, 0.1) is 11.6 Å². The number of halogens is 2. The first-order valence-electron chi connectivity index (χ1n) is 7.18. The van der Waals surface area contributed by atoms with Gasteiger partial charge in [0.05, 0.1) is 6.04 Å². The van der Waals surface area contributed by atoms with Crippen molar-refractivity contribution >= 4 is 5.91 Å². The van der Waals surface area contributed by atoms with Gasteiger partial charge in [-0.05, 0) is 36.8 Å². The van der Waals surface area contributed by atoms with Crippen LogP contribution < -0.4 is 14.8 Å². The highest BCUT2D eigenvalue weighted by molar-refractivity contribution is 5.82. The van der Waals surface area contributed by atoms with Crippen molar-refractivity contribution in [1.29, 1.82) is 0 Å². The van der Waals surface area contributed by atoms with Gasteiger partial charge in [0.2, 0.25) is 6.10 Å². The number of fused-ring (bicyclic) bond motifs is 1. The molecular weight excluding hydrogens is 304 g/mol. The van der Waals surface area contributed by atoms with Crippen molar-refractivity contribution in [2.24, 2.45) is 0 Å². The van der Waals surface area contributed by atoms with Crippen LogP contribution in [-0.4, -0.2) is 18.6 Å². The van der Waals surface area contributed by atoms with E-state index in [1.54, 1.807) is 25.1 Å². The van der Waals surface area contributed by atoms with Gasteiger partial charge in [-0.25, -0.2) is 8.78 Å². The monoisotopic (exact) mass is 319 g/mol. The summed E-state index contributed by atoms with van der Waals surface area (Å²) in [5.74, 6) is -1.16. The van der Waals surface area contributed by atoms with E-state index >= 15 is 0 Å². The van der Waals surface area contributed by atoms with E-state index in [2.05, 4.69) is 5.32 Å². The fraction of sp³-hybridized carbons (Fsp3) is 0.235. The summed E-state index contributed by atoms with van der Waals surface area (Å²) in [6.45, 7) is 1.77. The minimum absolute atomic E-state index is 0.0906. The maximum absolute atomic E-state index is 13.3. The zero-order chi connectivity index (χ0) is 16.4. The zero-order valence-corrected chi connectivity index (χ0v) is 12.4. The lowest BCUT2D eigenvalue weighted by atomic mass is 10.1. The lowest BCUT2D eigenvalue weighted by Crippen LogP contribution is -2.44. The van der Waals surface area contributed by atoms with Crippen LogP contribution in [-0.2, 0) is 4.79 Å². The Morgan fingerprint density at radius 1 is 1.17 bits per heavy atom. The number of rotatable bonds is 3. The van der Waals surface area contributed by atoms with E-state index in [1.165, 1.54) is 6.07 Å². The third kappa shape index (κ3) is 3.26. The quantitative estimate of drug-likeness (QED) is 0.946. The molecule has 1 amide bonds. The van der Waals surface area contributed by atoms with Crippen molar-refractivity contribution in [2.75, 3.05) is 6.61 Å². The first-order valence-corrected chi connectivity index (χ1v) is 7.18. The van der Waals surface area contributed by atoms with Crippen molar-refractivity contribution in [3.8, 4) is 11.5 Å². The number of amides is 1. The van der Waals surface area contributed by atoms with Crippen LogP contribution in [0.3, 0.4) is 0 Å². The van der Waals surface area contributed by atoms with Crippen molar-refractivity contribution in [2.45, 2.75) is 19.1 Å². The molecule has 120 valence electrons. The fourth-order valence-corrected chi connectivity index (χ4v) is 2.32. The highest BCUT2D eigenvalue weighted by Gasteiger charge is 2.28. The van der Waals surface area contributed by atoms with Crippen LogP contribution in [0.2, 0.25) is 0 Å². The predicted octanol–water partition coefficient (Wildman–Crippen LogP) is 2.98. The molecule has 3 rings (SSSR count). The lowest BCUT2D eigenvalue weighted by molar-refractivity contribution is -0.131. The molecule has 1 aliphatic heterocycles. The number of para-hydroxylation sites is 2. The van der Waals surface area contributed by atoms with E-state index in [-0.39, 0.29) is 12.5 Å². The molecule has 0 saturated carbocycles. The first kappa shape index (κ1) is 15.3. The molecule has 0 radical (unpaired) electrons. The number of benzene rings is 2. The van der Waals surface area contributed by atoms with Crippen LogP contribution in [0.15, 0.2) is 42.5 Å². The van der Waals surface area contributed by atoms with Gasteiger partial charge >= 0.3 is 0 Å². The van der Waals surface area contributed by atoms with Gasteiger partial charge in [-0.15, -0.1) is 0 Å². The molecule has 23 heavy (non-hydrogen) atoms. The molecule has 2 atom stereocenters. The molecule has 1 N–H and O–H groups in total. The van der Waals surface area contributed by atoms with Gasteiger partial charge < -0.3 is 14.8 Å². The SMILES string of the molecule is C[C@H](NC(=O)[C@@H]1COc2ccccc2O1)c1ccc(F)c(F)c1. The normalized spacial score (nSPS) is 17.4. The summed E-state index contributed by atoms with van der Waals surface area (Å²) in [5.41, 5.74) is 0.467. The second kappa shape index (κ2) is 6.24. The number of nitrogens with one attached hydrogen (secondary N) is 1. The molecule has 1 aliphatic rings. The fourth-order valence-electron chi connectivity index (χ4n) is 2.32. The standard InChI is InChI=1S/C17H15F2NO3/c1-10(11-6-7-12(18)13(19)8-11)20-17(21)16-9-22-14-4-2-3-5-15(14)23-16/h2-8,10,16H,9H2,1H3,(H,20,21)/t10-,16-/m0/s1. The molecule has 0 saturated heterocycles. The number of hydrogen-bond acceptors (Lipinski definition) is 3. The number of carbonyl (C=O) groups excluding carboxylic acids is 1. The molecule has 0 fully saturated rings. The van der Waals surface area contributed by atoms with Gasteiger partial charge in [0.15, 0.2) is 23.1 Å². The third-order valence-electron chi connectivity index (χ3n) is 3.60. The molecule has 0 aliphatic carbocycles. The van der Waals surface area contributed by atoms with Crippen molar-refractivity contribution < 1.29 is 23.0 Å². The Morgan fingerprint density at radius 3 is 2.65 bits per heavy atom. The average molecular weight is 319 g/mol. The van der Waals surface area contributed by atoms with Gasteiger partial charge in [-0.3, -0.25) is 4.79 Å². The van der Waals surface area contributed by atoms with Crippen LogP contribution >= 0.6 is 0 Å². The van der Waals surface area contributed by atoms with Gasteiger partial charge in [-0.2, -0.15) is 0 Å². The number of hydrogen-bond donors (Lipinski definition) is 1. The van der Waals surface area contributed by atoms with E-state index in [0.29, 0.717) is 17.1 Å². The van der Waals surface area contributed by atoms with E-state index < -0.39 is 23.8 Å². The molecule has 0 unspecified atom stereocenters. The Balaban J connectivity index is 1.66. The maximum Gasteiger partial charge on any atom is 0.265 e. The summed E-state index contributed by atoms with van der Waals surface area (Å²) in [7, 11) is 0. The molecule has 4 nitrogen and oxygen atoms in total. The van der Waals surface area contributed by atoms with Gasteiger partial charge in [0.1, 0.15) is 6.61 Å². The largest absolute Gasteiger partial charge is 0.485 e. The summed E-state index contributed by atoms with van der Waals surface area (Å²) in [5, 5.41) is 2.71. The highest BCUT2D eigenvalue weighted by atomic mass is 19.2. The Labute approximate surface area is 132 Å². The maximum atomic E-state index is 13.3. The van der Waals surface area contributed by atoms with Crippen LogP contribution in [0.4, 0.5) is 8.78 Å². The Morgan fingerprint density at radius 2 is 1.91 bits per heavy atom. The third-order valence-corrected chi connectivity index (χ3v) is 3.60. The Kier molecular flexibility index (Phi) is 4.14. The second-order valence-corrected chi connectivity index (χ2v) is 5.27. The molecule has 1 heterocycles.